The second kappa shape index (κ2) is 4.90. The maximum absolute atomic E-state index is 11.8. The minimum Gasteiger partial charge on any atom is -0.358 e. The highest BCUT2D eigenvalue weighted by molar-refractivity contribution is 8.40. The number of aryl methyl sites for hydroxylation is 1. The molecule has 1 amide bonds. The van der Waals surface area contributed by atoms with Gasteiger partial charge >= 0.3 is 0 Å². The van der Waals surface area contributed by atoms with Crippen LogP contribution in [0.5, 0.6) is 0 Å². The maximum Gasteiger partial charge on any atom is 0.285 e. The zero-order valence-corrected chi connectivity index (χ0v) is 12.2. The summed E-state index contributed by atoms with van der Waals surface area (Å²) in [7, 11) is 0. The van der Waals surface area contributed by atoms with Crippen LogP contribution < -0.4 is 0 Å². The number of nitrogens with zero attached hydrogens (tertiary/aromatic N) is 1. The minimum atomic E-state index is -0.140. The van der Waals surface area contributed by atoms with Crippen LogP contribution in [0, 0.1) is 6.92 Å². The molecule has 0 saturated carbocycles. The number of aliphatic imine (C=N–C) groups is 1. The number of aromatic nitrogens is 1. The van der Waals surface area contributed by atoms with Crippen molar-refractivity contribution in [3.05, 3.63) is 40.4 Å². The fraction of sp³-hybridized carbons (Fsp3) is 0.143. The van der Waals surface area contributed by atoms with Gasteiger partial charge in [0.05, 0.1) is 4.91 Å². The van der Waals surface area contributed by atoms with Crippen LogP contribution in [0.4, 0.5) is 0 Å². The first-order chi connectivity index (χ1) is 9.19. The number of nitrogens with one attached hydrogen (secondary N) is 1. The Balaban J connectivity index is 2.07. The number of amides is 1. The number of H-pyrrole nitrogens is 1. The van der Waals surface area contributed by atoms with Crippen molar-refractivity contribution in [2.24, 2.45) is 4.99 Å². The van der Waals surface area contributed by atoms with Gasteiger partial charge in [-0.15, -0.1) is 11.8 Å². The topological polar surface area (TPSA) is 45.2 Å². The molecule has 1 N–H and O–H groups in total. The Morgan fingerprint density at radius 2 is 2.16 bits per heavy atom. The summed E-state index contributed by atoms with van der Waals surface area (Å²) in [4.78, 5) is 19.8. The van der Waals surface area contributed by atoms with E-state index in [4.69, 9.17) is 0 Å². The first kappa shape index (κ1) is 12.6. The summed E-state index contributed by atoms with van der Waals surface area (Å²) in [6, 6.07) is 8.11. The van der Waals surface area contributed by atoms with E-state index in [9.17, 15) is 4.79 Å². The molecule has 0 unspecified atom stereocenters. The first-order valence-corrected chi connectivity index (χ1v) is 7.87. The summed E-state index contributed by atoms with van der Waals surface area (Å²) in [5, 5.41) is 1.14. The van der Waals surface area contributed by atoms with E-state index in [1.165, 1.54) is 23.5 Å². The molecule has 5 heteroatoms. The standard InChI is InChI=1S/C14H12N2OS2/c1-8-10(9-5-3-4-6-11(9)15-8)7-12-13(17)16-14(18-2)19-12/h3-7,15H,1-2H3/b12-7-. The van der Waals surface area contributed by atoms with Crippen LogP contribution in [-0.4, -0.2) is 21.5 Å². The molecule has 1 aliphatic rings. The highest BCUT2D eigenvalue weighted by Gasteiger charge is 2.21. The predicted octanol–water partition coefficient (Wildman–Crippen LogP) is 3.81. The largest absolute Gasteiger partial charge is 0.358 e. The Bertz CT molecular complexity index is 728. The number of hydrogen-bond donors (Lipinski definition) is 1. The Hall–Kier alpha value is -1.46. The van der Waals surface area contributed by atoms with E-state index in [1.807, 2.05) is 37.5 Å². The number of benzene rings is 1. The van der Waals surface area contributed by atoms with E-state index in [0.717, 1.165) is 26.5 Å². The maximum atomic E-state index is 11.8. The SMILES string of the molecule is CSC1=NC(=O)/C(=C/c2c(C)[nH]c3ccccc23)S1. The zero-order valence-electron chi connectivity index (χ0n) is 10.6. The van der Waals surface area contributed by atoms with Crippen LogP contribution in [0.3, 0.4) is 0 Å². The van der Waals surface area contributed by atoms with Gasteiger partial charge in [-0.3, -0.25) is 4.79 Å². The highest BCUT2D eigenvalue weighted by Crippen LogP contribution is 2.34. The van der Waals surface area contributed by atoms with Crippen molar-refractivity contribution >= 4 is 50.8 Å². The van der Waals surface area contributed by atoms with E-state index in [-0.39, 0.29) is 5.91 Å². The summed E-state index contributed by atoms with van der Waals surface area (Å²) in [6.07, 6.45) is 3.87. The molecule has 19 heavy (non-hydrogen) atoms. The molecule has 96 valence electrons. The van der Waals surface area contributed by atoms with Crippen molar-refractivity contribution in [3.63, 3.8) is 0 Å². The van der Waals surface area contributed by atoms with Crippen molar-refractivity contribution in [3.8, 4) is 0 Å². The van der Waals surface area contributed by atoms with E-state index >= 15 is 0 Å². The third kappa shape index (κ3) is 2.24. The van der Waals surface area contributed by atoms with E-state index in [0.29, 0.717) is 4.91 Å². The molecule has 2 aromatic rings. The number of carbonyl (C=O) groups excluding carboxylic acids is 1. The summed E-state index contributed by atoms with van der Waals surface area (Å²) in [5.41, 5.74) is 3.23. The third-order valence-electron chi connectivity index (χ3n) is 2.99. The molecule has 0 saturated heterocycles. The Kier molecular flexibility index (Phi) is 3.24. The summed E-state index contributed by atoms with van der Waals surface area (Å²) >= 11 is 2.95. The number of rotatable bonds is 1. The molecule has 3 rings (SSSR count). The quantitative estimate of drug-likeness (QED) is 0.812. The fourth-order valence-electron chi connectivity index (χ4n) is 2.09. The summed E-state index contributed by atoms with van der Waals surface area (Å²) in [5.74, 6) is -0.140. The zero-order chi connectivity index (χ0) is 13.4. The number of hydrogen-bond acceptors (Lipinski definition) is 3. The Labute approximate surface area is 119 Å². The smallest absolute Gasteiger partial charge is 0.285 e. The lowest BCUT2D eigenvalue weighted by Gasteiger charge is -1.96. The van der Waals surface area contributed by atoms with Crippen molar-refractivity contribution < 1.29 is 4.79 Å². The average Bonchev–Trinajstić information content (AvgIpc) is 2.92. The predicted molar refractivity (Wildman–Crippen MR) is 84.6 cm³/mol. The molecule has 1 aromatic heterocycles. The van der Waals surface area contributed by atoms with Gasteiger partial charge in [0.15, 0.2) is 0 Å². The van der Waals surface area contributed by atoms with Gasteiger partial charge in [0.25, 0.3) is 5.91 Å². The summed E-state index contributed by atoms with van der Waals surface area (Å²) < 4.78 is 0.814. The minimum absolute atomic E-state index is 0.140. The normalized spacial score (nSPS) is 17.5. The van der Waals surface area contributed by atoms with Crippen molar-refractivity contribution in [2.75, 3.05) is 6.26 Å². The number of carbonyl (C=O) groups is 1. The van der Waals surface area contributed by atoms with Crippen LogP contribution >= 0.6 is 23.5 Å². The lowest BCUT2D eigenvalue weighted by molar-refractivity contribution is -0.113. The number of fused-ring (bicyclic) bond motifs is 1. The van der Waals surface area contributed by atoms with Crippen LogP contribution in [0.15, 0.2) is 34.2 Å². The molecular weight excluding hydrogens is 276 g/mol. The van der Waals surface area contributed by atoms with E-state index < -0.39 is 0 Å². The molecule has 0 fully saturated rings. The van der Waals surface area contributed by atoms with Crippen molar-refractivity contribution in [1.82, 2.24) is 4.98 Å². The second-order valence-electron chi connectivity index (χ2n) is 4.21. The van der Waals surface area contributed by atoms with E-state index in [2.05, 4.69) is 16.0 Å². The van der Waals surface area contributed by atoms with Gasteiger partial charge in [0.2, 0.25) is 0 Å². The van der Waals surface area contributed by atoms with Gasteiger partial charge in [-0.1, -0.05) is 30.0 Å². The molecule has 2 heterocycles. The van der Waals surface area contributed by atoms with Crippen LogP contribution in [0.2, 0.25) is 0 Å². The van der Waals surface area contributed by atoms with Gasteiger partial charge in [0.1, 0.15) is 4.38 Å². The van der Waals surface area contributed by atoms with Gasteiger partial charge in [-0.05, 0) is 25.3 Å². The highest BCUT2D eigenvalue weighted by atomic mass is 32.2. The monoisotopic (exact) mass is 288 g/mol. The molecule has 0 bridgehead atoms. The van der Waals surface area contributed by atoms with Gasteiger partial charge in [-0.2, -0.15) is 4.99 Å². The van der Waals surface area contributed by atoms with Gasteiger partial charge in [-0.25, -0.2) is 0 Å². The molecule has 0 atom stereocenters. The van der Waals surface area contributed by atoms with Crippen LogP contribution in [-0.2, 0) is 4.79 Å². The Morgan fingerprint density at radius 1 is 1.37 bits per heavy atom. The lowest BCUT2D eigenvalue weighted by Crippen LogP contribution is -1.88. The van der Waals surface area contributed by atoms with Gasteiger partial charge < -0.3 is 4.98 Å². The van der Waals surface area contributed by atoms with Crippen molar-refractivity contribution in [1.29, 1.82) is 0 Å². The van der Waals surface area contributed by atoms with Gasteiger partial charge in [0, 0.05) is 22.2 Å². The van der Waals surface area contributed by atoms with E-state index in [1.54, 1.807) is 0 Å². The molecule has 1 aliphatic heterocycles. The third-order valence-corrected chi connectivity index (χ3v) is 4.96. The lowest BCUT2D eigenvalue weighted by atomic mass is 10.1. The number of para-hydroxylation sites is 1. The fourth-order valence-corrected chi connectivity index (χ4v) is 3.50. The molecular formula is C14H12N2OS2. The van der Waals surface area contributed by atoms with Crippen LogP contribution in [0.25, 0.3) is 17.0 Å². The molecule has 0 aliphatic carbocycles. The molecule has 0 radical (unpaired) electrons. The Morgan fingerprint density at radius 3 is 2.89 bits per heavy atom. The first-order valence-electron chi connectivity index (χ1n) is 5.83. The second-order valence-corrected chi connectivity index (χ2v) is 6.29. The number of thioether (sulfide) groups is 2. The molecule has 3 nitrogen and oxygen atoms in total. The molecule has 0 spiro atoms. The number of aromatic amines is 1. The molecule has 1 aromatic carbocycles. The van der Waals surface area contributed by atoms with Crippen LogP contribution in [0.1, 0.15) is 11.3 Å². The average molecular weight is 288 g/mol. The summed E-state index contributed by atoms with van der Waals surface area (Å²) in [6.45, 7) is 2.02. The van der Waals surface area contributed by atoms with Crippen molar-refractivity contribution in [2.45, 2.75) is 6.92 Å².